The summed E-state index contributed by atoms with van der Waals surface area (Å²) in [6, 6.07) is 7.86. The van der Waals surface area contributed by atoms with Crippen molar-refractivity contribution in [1.29, 1.82) is 0 Å². The van der Waals surface area contributed by atoms with Gasteiger partial charge in [-0.15, -0.1) is 11.8 Å². The van der Waals surface area contributed by atoms with Crippen molar-refractivity contribution in [3.8, 4) is 0 Å². The van der Waals surface area contributed by atoms with Gasteiger partial charge < -0.3 is 4.90 Å². The van der Waals surface area contributed by atoms with Crippen molar-refractivity contribution in [2.75, 3.05) is 19.6 Å². The van der Waals surface area contributed by atoms with E-state index in [9.17, 15) is 4.79 Å². The van der Waals surface area contributed by atoms with Crippen LogP contribution in [0.15, 0.2) is 34.1 Å². The van der Waals surface area contributed by atoms with Gasteiger partial charge >= 0.3 is 5.69 Å². The summed E-state index contributed by atoms with van der Waals surface area (Å²) in [4.78, 5) is 19.4. The zero-order valence-electron chi connectivity index (χ0n) is 15.5. The van der Waals surface area contributed by atoms with Crippen LogP contribution in [0.3, 0.4) is 0 Å². The lowest BCUT2D eigenvalue weighted by molar-refractivity contribution is 0.286. The highest BCUT2D eigenvalue weighted by Crippen LogP contribution is 2.32. The molecule has 0 bridgehead atoms. The van der Waals surface area contributed by atoms with Gasteiger partial charge in [-0.2, -0.15) is 4.98 Å². The number of halogens is 1. The smallest absolute Gasteiger partial charge is 0.302 e. The van der Waals surface area contributed by atoms with E-state index in [1.807, 2.05) is 28.8 Å². The van der Waals surface area contributed by atoms with Crippen LogP contribution in [0, 0.1) is 0 Å². The first-order valence-electron chi connectivity index (χ1n) is 9.35. The molecule has 1 aromatic carbocycles. The third-order valence-electron chi connectivity index (χ3n) is 5.06. The molecule has 1 aromatic heterocycles. The summed E-state index contributed by atoms with van der Waals surface area (Å²) in [5.74, 6) is 0.738. The van der Waals surface area contributed by atoms with E-state index in [2.05, 4.69) is 23.7 Å². The molecular weight excluding hydrogens is 366 g/mol. The molecule has 4 nitrogen and oxygen atoms in total. The maximum atomic E-state index is 12.7. The molecule has 140 valence electrons. The number of nitrogens with zero attached hydrogens (tertiary/aromatic N) is 3. The topological polar surface area (TPSA) is 38.1 Å². The van der Waals surface area contributed by atoms with Gasteiger partial charge in [0.15, 0.2) is 0 Å². The van der Waals surface area contributed by atoms with Crippen LogP contribution >= 0.6 is 23.4 Å². The summed E-state index contributed by atoms with van der Waals surface area (Å²) in [6.07, 6.45) is 3.09. The van der Waals surface area contributed by atoms with Crippen LogP contribution in [0.5, 0.6) is 0 Å². The maximum absolute atomic E-state index is 12.7. The van der Waals surface area contributed by atoms with E-state index in [0.29, 0.717) is 0 Å². The van der Waals surface area contributed by atoms with E-state index in [0.717, 1.165) is 66.8 Å². The van der Waals surface area contributed by atoms with Crippen LogP contribution < -0.4 is 5.69 Å². The molecule has 0 amide bonds. The van der Waals surface area contributed by atoms with Gasteiger partial charge in [-0.1, -0.05) is 43.6 Å². The average Bonchev–Trinajstić information content (AvgIpc) is 3.13. The predicted octanol–water partition coefficient (Wildman–Crippen LogP) is 4.02. The van der Waals surface area contributed by atoms with E-state index in [-0.39, 0.29) is 5.69 Å². The Kier molecular flexibility index (Phi) is 6.79. The summed E-state index contributed by atoms with van der Waals surface area (Å²) in [6.45, 7) is 7.95. The standard InChI is InChI=1S/C20H26ClN3OS/c1-3-23(4-2)12-13-24-18-11-7-9-16(18)19(22-20(24)25)26-14-15-8-5-6-10-17(15)21/h5-6,8,10H,3-4,7,9,11-14H2,1-2H3. The molecule has 0 saturated carbocycles. The Morgan fingerprint density at radius 3 is 2.73 bits per heavy atom. The van der Waals surface area contributed by atoms with Crippen LogP contribution in [-0.4, -0.2) is 34.1 Å². The van der Waals surface area contributed by atoms with E-state index in [4.69, 9.17) is 11.6 Å². The minimum absolute atomic E-state index is 0.112. The summed E-state index contributed by atoms with van der Waals surface area (Å²) in [5, 5.41) is 1.66. The molecular formula is C20H26ClN3OS. The Bertz CT molecular complexity index is 817. The van der Waals surface area contributed by atoms with Crippen molar-refractivity contribution in [2.24, 2.45) is 0 Å². The molecule has 6 heteroatoms. The lowest BCUT2D eigenvalue weighted by Gasteiger charge is -2.20. The molecule has 26 heavy (non-hydrogen) atoms. The molecule has 3 rings (SSSR count). The van der Waals surface area contributed by atoms with Gasteiger partial charge in [0.1, 0.15) is 5.03 Å². The Morgan fingerprint density at radius 2 is 2.00 bits per heavy atom. The summed E-state index contributed by atoms with van der Waals surface area (Å²) >= 11 is 7.89. The van der Waals surface area contributed by atoms with Crippen LogP contribution in [0.2, 0.25) is 5.02 Å². The molecule has 0 aliphatic heterocycles. The van der Waals surface area contributed by atoms with Crippen molar-refractivity contribution >= 4 is 23.4 Å². The van der Waals surface area contributed by atoms with Gasteiger partial charge in [-0.05, 0) is 44.0 Å². The first-order valence-corrected chi connectivity index (χ1v) is 10.7. The zero-order chi connectivity index (χ0) is 18.5. The Hall–Kier alpha value is -1.30. The van der Waals surface area contributed by atoms with Gasteiger partial charge in [0, 0.05) is 35.1 Å². The zero-order valence-corrected chi connectivity index (χ0v) is 17.1. The van der Waals surface area contributed by atoms with Crippen LogP contribution in [0.1, 0.15) is 37.1 Å². The number of thioether (sulfide) groups is 1. The van der Waals surface area contributed by atoms with Crippen molar-refractivity contribution < 1.29 is 0 Å². The molecule has 0 atom stereocenters. The first-order chi connectivity index (χ1) is 12.6. The molecule has 0 spiro atoms. The molecule has 0 N–H and O–H groups in total. The molecule has 2 aromatic rings. The number of rotatable bonds is 8. The Balaban J connectivity index is 1.81. The molecule has 0 radical (unpaired) electrons. The molecule has 0 unspecified atom stereocenters. The van der Waals surface area contributed by atoms with Crippen molar-refractivity contribution in [3.63, 3.8) is 0 Å². The van der Waals surface area contributed by atoms with E-state index < -0.39 is 0 Å². The van der Waals surface area contributed by atoms with Crippen LogP contribution in [0.4, 0.5) is 0 Å². The minimum atomic E-state index is -0.112. The third-order valence-corrected chi connectivity index (χ3v) is 6.49. The molecule has 0 fully saturated rings. The van der Waals surface area contributed by atoms with Crippen molar-refractivity contribution in [1.82, 2.24) is 14.5 Å². The van der Waals surface area contributed by atoms with Crippen molar-refractivity contribution in [2.45, 2.75) is 50.4 Å². The summed E-state index contributed by atoms with van der Waals surface area (Å²) in [7, 11) is 0. The number of likely N-dealkylation sites (N-methyl/N-ethyl adjacent to an activating group) is 1. The van der Waals surface area contributed by atoms with E-state index in [1.165, 1.54) is 11.3 Å². The number of hydrogen-bond acceptors (Lipinski definition) is 4. The number of fused-ring (bicyclic) bond motifs is 1. The second-order valence-electron chi connectivity index (χ2n) is 6.54. The normalized spacial score (nSPS) is 13.4. The Morgan fingerprint density at radius 1 is 1.23 bits per heavy atom. The summed E-state index contributed by atoms with van der Waals surface area (Å²) < 4.78 is 1.90. The Labute approximate surface area is 164 Å². The molecule has 1 aliphatic rings. The summed E-state index contributed by atoms with van der Waals surface area (Å²) in [5.41, 5.74) is 3.43. The predicted molar refractivity (Wildman–Crippen MR) is 109 cm³/mol. The number of hydrogen-bond donors (Lipinski definition) is 0. The van der Waals surface area contributed by atoms with Gasteiger partial charge in [0.05, 0.1) is 0 Å². The highest BCUT2D eigenvalue weighted by molar-refractivity contribution is 7.98. The fraction of sp³-hybridized carbons (Fsp3) is 0.500. The second-order valence-corrected chi connectivity index (χ2v) is 7.91. The lowest BCUT2D eigenvalue weighted by Crippen LogP contribution is -2.33. The second kappa shape index (κ2) is 9.07. The lowest BCUT2D eigenvalue weighted by atomic mass is 10.2. The van der Waals surface area contributed by atoms with Gasteiger partial charge in [-0.25, -0.2) is 4.79 Å². The average molecular weight is 392 g/mol. The maximum Gasteiger partial charge on any atom is 0.348 e. The fourth-order valence-electron chi connectivity index (χ4n) is 3.48. The largest absolute Gasteiger partial charge is 0.348 e. The first kappa shape index (κ1) is 19.5. The van der Waals surface area contributed by atoms with E-state index in [1.54, 1.807) is 11.8 Å². The van der Waals surface area contributed by atoms with Crippen molar-refractivity contribution in [3.05, 3.63) is 56.6 Å². The van der Waals surface area contributed by atoms with E-state index >= 15 is 0 Å². The van der Waals surface area contributed by atoms with Crippen LogP contribution in [-0.2, 0) is 25.1 Å². The third kappa shape index (κ3) is 4.33. The van der Waals surface area contributed by atoms with Gasteiger partial charge in [0.2, 0.25) is 0 Å². The molecule has 1 aliphatic carbocycles. The highest BCUT2D eigenvalue weighted by Gasteiger charge is 2.22. The SMILES string of the molecule is CCN(CC)CCn1c2c(c(SCc3ccccc3Cl)nc1=O)CCC2. The van der Waals surface area contributed by atoms with Crippen LogP contribution in [0.25, 0.3) is 0 Å². The fourth-order valence-corrected chi connectivity index (χ4v) is 4.84. The highest BCUT2D eigenvalue weighted by atomic mass is 35.5. The van der Waals surface area contributed by atoms with Gasteiger partial charge in [-0.3, -0.25) is 4.57 Å². The quantitative estimate of drug-likeness (QED) is 0.503. The van der Waals surface area contributed by atoms with Gasteiger partial charge in [0.25, 0.3) is 0 Å². The molecule has 1 heterocycles. The minimum Gasteiger partial charge on any atom is -0.302 e. The molecule has 0 saturated heterocycles. The number of benzene rings is 1. The monoisotopic (exact) mass is 391 g/mol. The number of aromatic nitrogens is 2.